The van der Waals surface area contributed by atoms with Gasteiger partial charge in [0.2, 0.25) is 0 Å². The minimum absolute atomic E-state index is 0.0675. The van der Waals surface area contributed by atoms with Crippen LogP contribution in [0.2, 0.25) is 0 Å². The van der Waals surface area contributed by atoms with Crippen LogP contribution in [0.4, 0.5) is 0 Å². The number of thioether (sulfide) groups is 1. The first-order valence-electron chi connectivity index (χ1n) is 7.17. The Morgan fingerprint density at radius 1 is 1.10 bits per heavy atom. The monoisotopic (exact) mass is 294 g/mol. The molecule has 21 heavy (non-hydrogen) atoms. The molecule has 1 N–H and O–H groups in total. The van der Waals surface area contributed by atoms with Crippen LogP contribution in [0.15, 0.2) is 47.4 Å². The molecule has 2 aromatic carbocycles. The molecule has 0 amide bonds. The molecule has 1 aliphatic rings. The maximum absolute atomic E-state index is 9.09. The van der Waals surface area contributed by atoms with Gasteiger partial charge in [-0.3, -0.25) is 0 Å². The third-order valence-electron chi connectivity index (χ3n) is 4.02. The molecule has 0 saturated carbocycles. The Labute approximate surface area is 130 Å². The van der Waals surface area contributed by atoms with Gasteiger partial charge in [0, 0.05) is 4.90 Å². The van der Waals surface area contributed by atoms with E-state index in [4.69, 9.17) is 5.11 Å². The molecule has 2 aromatic rings. The number of aliphatic hydroxyl groups is 1. The van der Waals surface area contributed by atoms with Crippen molar-refractivity contribution < 1.29 is 5.11 Å². The summed E-state index contributed by atoms with van der Waals surface area (Å²) < 4.78 is 0. The largest absolute Gasteiger partial charge is 0.384 e. The third-order valence-corrected chi connectivity index (χ3v) is 4.74. The molecule has 0 radical (unpaired) electrons. The van der Waals surface area contributed by atoms with Crippen molar-refractivity contribution in [3.8, 4) is 11.8 Å². The topological polar surface area (TPSA) is 20.2 Å². The Morgan fingerprint density at radius 3 is 2.62 bits per heavy atom. The maximum Gasteiger partial charge on any atom is 0.104 e. The molecule has 0 heterocycles. The van der Waals surface area contributed by atoms with Gasteiger partial charge in [-0.1, -0.05) is 42.2 Å². The van der Waals surface area contributed by atoms with Crippen molar-refractivity contribution in [1.82, 2.24) is 0 Å². The highest BCUT2D eigenvalue weighted by Gasteiger charge is 2.22. The fraction of sp³-hybridized carbons (Fsp3) is 0.263. The van der Waals surface area contributed by atoms with E-state index >= 15 is 0 Å². The lowest BCUT2D eigenvalue weighted by atomic mass is 9.88. The second kappa shape index (κ2) is 6.39. The first-order valence-corrected chi connectivity index (χ1v) is 8.40. The Balaban J connectivity index is 2.19. The minimum atomic E-state index is -0.0871. The predicted molar refractivity (Wildman–Crippen MR) is 88.8 cm³/mol. The van der Waals surface area contributed by atoms with Crippen LogP contribution in [-0.4, -0.2) is 18.0 Å². The van der Waals surface area contributed by atoms with Crippen LogP contribution >= 0.6 is 11.8 Å². The van der Waals surface area contributed by atoms with Crippen LogP contribution in [-0.2, 0) is 12.8 Å². The van der Waals surface area contributed by atoms with Crippen molar-refractivity contribution in [2.75, 3.05) is 12.9 Å². The van der Waals surface area contributed by atoms with Crippen LogP contribution < -0.4 is 0 Å². The second-order valence-electron chi connectivity index (χ2n) is 5.18. The molecule has 3 rings (SSSR count). The summed E-state index contributed by atoms with van der Waals surface area (Å²) in [5, 5.41) is 9.09. The summed E-state index contributed by atoms with van der Waals surface area (Å²) in [6.45, 7) is -0.0871. The molecule has 0 aliphatic heterocycles. The second-order valence-corrected chi connectivity index (χ2v) is 6.06. The molecular formula is C19H18OS. The zero-order valence-electron chi connectivity index (χ0n) is 12.1. The lowest BCUT2D eigenvalue weighted by Gasteiger charge is -2.15. The first kappa shape index (κ1) is 14.3. The SMILES string of the molecule is CSc1ccc2c(c1)C(C#CCO)c1ccccc1CC2. The number of hydrogen-bond donors (Lipinski definition) is 1. The van der Waals surface area contributed by atoms with Gasteiger partial charge in [-0.2, -0.15) is 0 Å². The lowest BCUT2D eigenvalue weighted by molar-refractivity contribution is 0.350. The summed E-state index contributed by atoms with van der Waals surface area (Å²) in [7, 11) is 0. The Bertz CT molecular complexity index is 709. The van der Waals surface area contributed by atoms with Crippen molar-refractivity contribution in [2.24, 2.45) is 0 Å². The van der Waals surface area contributed by atoms with Crippen molar-refractivity contribution in [3.05, 3.63) is 64.7 Å². The van der Waals surface area contributed by atoms with E-state index in [-0.39, 0.29) is 12.5 Å². The average Bonchev–Trinajstić information content (AvgIpc) is 2.69. The molecule has 0 spiro atoms. The van der Waals surface area contributed by atoms with Crippen LogP contribution in [0.1, 0.15) is 28.2 Å². The van der Waals surface area contributed by atoms with Gasteiger partial charge >= 0.3 is 0 Å². The summed E-state index contributed by atoms with van der Waals surface area (Å²) in [6.07, 6.45) is 4.21. The number of hydrogen-bond acceptors (Lipinski definition) is 2. The quantitative estimate of drug-likeness (QED) is 0.640. The normalized spacial score (nSPS) is 16.2. The van der Waals surface area contributed by atoms with Gasteiger partial charge in [-0.25, -0.2) is 0 Å². The van der Waals surface area contributed by atoms with Gasteiger partial charge in [-0.15, -0.1) is 11.8 Å². The van der Waals surface area contributed by atoms with E-state index in [1.807, 2.05) is 0 Å². The molecule has 1 unspecified atom stereocenters. The lowest BCUT2D eigenvalue weighted by Crippen LogP contribution is -2.02. The molecule has 1 nitrogen and oxygen atoms in total. The Kier molecular flexibility index (Phi) is 4.34. The van der Waals surface area contributed by atoms with Gasteiger partial charge < -0.3 is 5.11 Å². The minimum Gasteiger partial charge on any atom is -0.384 e. The average molecular weight is 294 g/mol. The molecule has 1 atom stereocenters. The van der Waals surface area contributed by atoms with Crippen LogP contribution in [0, 0.1) is 11.8 Å². The van der Waals surface area contributed by atoms with Gasteiger partial charge in [0.15, 0.2) is 0 Å². The Morgan fingerprint density at radius 2 is 1.86 bits per heavy atom. The molecule has 1 aliphatic carbocycles. The van der Waals surface area contributed by atoms with Crippen molar-refractivity contribution in [1.29, 1.82) is 0 Å². The summed E-state index contributed by atoms with van der Waals surface area (Å²) in [4.78, 5) is 1.27. The van der Waals surface area contributed by atoms with Gasteiger partial charge in [0.05, 0.1) is 5.92 Å². The fourth-order valence-electron chi connectivity index (χ4n) is 2.98. The number of fused-ring (bicyclic) bond motifs is 2. The van der Waals surface area contributed by atoms with E-state index in [1.165, 1.54) is 27.1 Å². The fourth-order valence-corrected chi connectivity index (χ4v) is 3.43. The van der Waals surface area contributed by atoms with E-state index in [0.29, 0.717) is 0 Å². The summed E-state index contributed by atoms with van der Waals surface area (Å²) in [6, 6.07) is 15.2. The van der Waals surface area contributed by atoms with Crippen molar-refractivity contribution in [3.63, 3.8) is 0 Å². The van der Waals surface area contributed by atoms with Gasteiger partial charge in [0.1, 0.15) is 6.61 Å². The van der Waals surface area contributed by atoms with E-state index in [2.05, 4.69) is 60.6 Å². The molecule has 2 heteroatoms. The van der Waals surface area contributed by atoms with Crippen LogP contribution in [0.25, 0.3) is 0 Å². The molecule has 106 valence electrons. The molecule has 0 bridgehead atoms. The first-order chi connectivity index (χ1) is 10.3. The highest BCUT2D eigenvalue weighted by molar-refractivity contribution is 7.98. The standard InChI is InChI=1S/C19H18OS/c1-21-16-11-10-15-9-8-14-5-2-3-6-17(14)18(7-4-12-20)19(15)13-16/h2-3,5-6,10-11,13,18,20H,8-9,12H2,1H3. The number of rotatable bonds is 1. The third kappa shape index (κ3) is 2.85. The Hall–Kier alpha value is -1.69. The van der Waals surface area contributed by atoms with E-state index in [0.717, 1.165) is 12.8 Å². The van der Waals surface area contributed by atoms with Crippen LogP contribution in [0.5, 0.6) is 0 Å². The highest BCUT2D eigenvalue weighted by atomic mass is 32.2. The van der Waals surface area contributed by atoms with Crippen LogP contribution in [0.3, 0.4) is 0 Å². The molecule has 0 saturated heterocycles. The zero-order valence-corrected chi connectivity index (χ0v) is 12.9. The van der Waals surface area contributed by atoms with Crippen molar-refractivity contribution in [2.45, 2.75) is 23.7 Å². The van der Waals surface area contributed by atoms with Crippen molar-refractivity contribution >= 4 is 11.8 Å². The smallest absolute Gasteiger partial charge is 0.104 e. The van der Waals surface area contributed by atoms with Gasteiger partial charge in [0.25, 0.3) is 0 Å². The number of aryl methyl sites for hydroxylation is 2. The van der Waals surface area contributed by atoms with E-state index < -0.39 is 0 Å². The zero-order chi connectivity index (χ0) is 14.7. The summed E-state index contributed by atoms with van der Waals surface area (Å²) in [5.74, 6) is 6.20. The molecule has 0 aromatic heterocycles. The highest BCUT2D eigenvalue weighted by Crippen LogP contribution is 2.35. The number of aliphatic hydroxyl groups excluding tert-OH is 1. The maximum atomic E-state index is 9.09. The molecular weight excluding hydrogens is 276 g/mol. The molecule has 0 fully saturated rings. The predicted octanol–water partition coefficient (Wildman–Crippen LogP) is 3.63. The number of benzene rings is 2. The van der Waals surface area contributed by atoms with E-state index in [1.54, 1.807) is 11.8 Å². The van der Waals surface area contributed by atoms with E-state index in [9.17, 15) is 0 Å². The van der Waals surface area contributed by atoms with Gasteiger partial charge in [-0.05, 0) is 53.5 Å². The summed E-state index contributed by atoms with van der Waals surface area (Å²) in [5.41, 5.74) is 5.33. The summed E-state index contributed by atoms with van der Waals surface area (Å²) >= 11 is 1.76.